The third-order valence-corrected chi connectivity index (χ3v) is 3.84. The van der Waals surface area contributed by atoms with E-state index in [-0.39, 0.29) is 6.10 Å². The van der Waals surface area contributed by atoms with E-state index in [1.54, 1.807) is 0 Å². The van der Waals surface area contributed by atoms with Crippen LogP contribution in [0.3, 0.4) is 0 Å². The Morgan fingerprint density at radius 1 is 1.11 bits per heavy atom. The lowest BCUT2D eigenvalue weighted by Gasteiger charge is -2.20. The molecule has 0 radical (unpaired) electrons. The second-order valence-electron chi connectivity index (χ2n) is 4.15. The van der Waals surface area contributed by atoms with Crippen LogP contribution in [0.1, 0.15) is 11.7 Å². The number of halogens is 2. The van der Waals surface area contributed by atoms with Gasteiger partial charge in [-0.05, 0) is 46.7 Å². The van der Waals surface area contributed by atoms with Crippen LogP contribution in [0.4, 0.5) is 0 Å². The van der Waals surface area contributed by atoms with Gasteiger partial charge in [-0.1, -0.05) is 46.3 Å². The van der Waals surface area contributed by atoms with E-state index >= 15 is 0 Å². The Bertz CT molecular complexity index is 531. The largest absolute Gasteiger partial charge is 0.483 e. The monoisotopic (exact) mass is 383 g/mol. The van der Waals surface area contributed by atoms with E-state index in [4.69, 9.17) is 4.74 Å². The lowest BCUT2D eigenvalue weighted by molar-refractivity contribution is 0.203. The summed E-state index contributed by atoms with van der Waals surface area (Å²) in [5, 5.41) is 3.17. The summed E-state index contributed by atoms with van der Waals surface area (Å²) in [5.41, 5.74) is 1.16. The molecule has 1 atom stereocenters. The average molecular weight is 385 g/mol. The first kappa shape index (κ1) is 14.6. The summed E-state index contributed by atoms with van der Waals surface area (Å²) in [7, 11) is 1.93. The topological polar surface area (TPSA) is 21.3 Å². The SMILES string of the molecule is CNCC(Oc1ccc(Br)cc1Br)c1ccccc1. The molecule has 0 aromatic heterocycles. The molecule has 0 aliphatic carbocycles. The van der Waals surface area contributed by atoms with Crippen LogP contribution in [0, 0.1) is 0 Å². The van der Waals surface area contributed by atoms with Gasteiger partial charge in [-0.15, -0.1) is 0 Å². The summed E-state index contributed by atoms with van der Waals surface area (Å²) < 4.78 is 8.06. The van der Waals surface area contributed by atoms with Gasteiger partial charge >= 0.3 is 0 Å². The molecule has 0 heterocycles. The quantitative estimate of drug-likeness (QED) is 0.816. The van der Waals surface area contributed by atoms with Crippen molar-refractivity contribution in [2.45, 2.75) is 6.10 Å². The Labute approximate surface area is 130 Å². The first-order valence-electron chi connectivity index (χ1n) is 6.02. The Morgan fingerprint density at radius 2 is 1.84 bits per heavy atom. The predicted molar refractivity (Wildman–Crippen MR) is 85.6 cm³/mol. The van der Waals surface area contributed by atoms with Crippen LogP contribution in [0.2, 0.25) is 0 Å². The molecule has 100 valence electrons. The number of rotatable bonds is 5. The predicted octanol–water partition coefficient (Wildman–Crippen LogP) is 4.55. The summed E-state index contributed by atoms with van der Waals surface area (Å²) in [6, 6.07) is 16.1. The molecule has 1 N–H and O–H groups in total. The summed E-state index contributed by atoms with van der Waals surface area (Å²) in [6.07, 6.45) is -0.0105. The van der Waals surface area contributed by atoms with Crippen molar-refractivity contribution in [1.29, 1.82) is 0 Å². The van der Waals surface area contributed by atoms with Gasteiger partial charge in [0.15, 0.2) is 0 Å². The van der Waals surface area contributed by atoms with Crippen molar-refractivity contribution in [2.24, 2.45) is 0 Å². The molecular formula is C15H15Br2NO. The highest BCUT2D eigenvalue weighted by Gasteiger charge is 2.13. The van der Waals surface area contributed by atoms with E-state index in [9.17, 15) is 0 Å². The third-order valence-electron chi connectivity index (χ3n) is 2.72. The first-order chi connectivity index (χ1) is 9.20. The highest BCUT2D eigenvalue weighted by Crippen LogP contribution is 2.31. The number of benzene rings is 2. The van der Waals surface area contributed by atoms with E-state index < -0.39 is 0 Å². The van der Waals surface area contributed by atoms with Crippen LogP contribution in [0.25, 0.3) is 0 Å². The zero-order valence-electron chi connectivity index (χ0n) is 10.6. The standard InChI is InChI=1S/C15H15Br2NO/c1-18-10-15(11-5-3-2-4-6-11)19-14-8-7-12(16)9-13(14)17/h2-9,15,18H,10H2,1H3. The van der Waals surface area contributed by atoms with Crippen molar-refractivity contribution < 1.29 is 4.74 Å². The minimum absolute atomic E-state index is 0.0105. The first-order valence-corrected chi connectivity index (χ1v) is 7.60. The molecule has 1 unspecified atom stereocenters. The van der Waals surface area contributed by atoms with Crippen molar-refractivity contribution in [2.75, 3.05) is 13.6 Å². The Hall–Kier alpha value is -0.840. The highest BCUT2D eigenvalue weighted by atomic mass is 79.9. The second-order valence-corrected chi connectivity index (χ2v) is 5.92. The molecule has 2 nitrogen and oxygen atoms in total. The molecule has 2 aromatic carbocycles. The van der Waals surface area contributed by atoms with Crippen LogP contribution < -0.4 is 10.1 Å². The fourth-order valence-corrected chi connectivity index (χ4v) is 2.95. The van der Waals surface area contributed by atoms with E-state index in [0.717, 1.165) is 26.8 Å². The molecule has 0 aliphatic heterocycles. The molecular weight excluding hydrogens is 370 g/mol. The summed E-state index contributed by atoms with van der Waals surface area (Å²) in [4.78, 5) is 0. The number of ether oxygens (including phenoxy) is 1. The Morgan fingerprint density at radius 3 is 2.47 bits per heavy atom. The minimum atomic E-state index is -0.0105. The lowest BCUT2D eigenvalue weighted by Crippen LogP contribution is -2.22. The van der Waals surface area contributed by atoms with Gasteiger partial charge in [0, 0.05) is 11.0 Å². The van der Waals surface area contributed by atoms with E-state index in [1.807, 2.05) is 43.4 Å². The second kappa shape index (κ2) is 7.08. The molecule has 19 heavy (non-hydrogen) atoms. The maximum Gasteiger partial charge on any atom is 0.136 e. The average Bonchev–Trinajstić information content (AvgIpc) is 2.42. The number of nitrogens with one attached hydrogen (secondary N) is 1. The lowest BCUT2D eigenvalue weighted by atomic mass is 10.1. The van der Waals surface area contributed by atoms with Crippen LogP contribution in [0.5, 0.6) is 5.75 Å². The molecule has 0 amide bonds. The van der Waals surface area contributed by atoms with Gasteiger partial charge in [-0.3, -0.25) is 0 Å². The van der Waals surface area contributed by atoms with Crippen LogP contribution in [-0.2, 0) is 0 Å². The van der Waals surface area contributed by atoms with Crippen molar-refractivity contribution in [1.82, 2.24) is 5.32 Å². The molecule has 0 fully saturated rings. The third kappa shape index (κ3) is 4.06. The van der Waals surface area contributed by atoms with Gasteiger partial charge in [-0.2, -0.15) is 0 Å². The fourth-order valence-electron chi connectivity index (χ4n) is 1.80. The molecule has 0 spiro atoms. The number of hydrogen-bond acceptors (Lipinski definition) is 2. The highest BCUT2D eigenvalue weighted by molar-refractivity contribution is 9.11. The summed E-state index contributed by atoms with van der Waals surface area (Å²) in [6.45, 7) is 0.756. The molecule has 0 aliphatic rings. The van der Waals surface area contributed by atoms with E-state index in [1.165, 1.54) is 0 Å². The van der Waals surface area contributed by atoms with Crippen LogP contribution in [0.15, 0.2) is 57.5 Å². The van der Waals surface area contributed by atoms with Gasteiger partial charge in [-0.25, -0.2) is 0 Å². The number of hydrogen-bond donors (Lipinski definition) is 1. The molecule has 0 bridgehead atoms. The van der Waals surface area contributed by atoms with Crippen molar-refractivity contribution >= 4 is 31.9 Å². The number of likely N-dealkylation sites (N-methyl/N-ethyl adjacent to an activating group) is 1. The Kier molecular flexibility index (Phi) is 5.43. The zero-order chi connectivity index (χ0) is 13.7. The van der Waals surface area contributed by atoms with Gasteiger partial charge < -0.3 is 10.1 Å². The van der Waals surface area contributed by atoms with Gasteiger partial charge in [0.25, 0.3) is 0 Å². The smallest absolute Gasteiger partial charge is 0.136 e. The molecule has 2 rings (SSSR count). The van der Waals surface area contributed by atoms with Gasteiger partial charge in [0.05, 0.1) is 4.47 Å². The summed E-state index contributed by atoms with van der Waals surface area (Å²) in [5.74, 6) is 0.840. The van der Waals surface area contributed by atoms with Crippen molar-refractivity contribution in [3.05, 3.63) is 63.0 Å². The van der Waals surface area contributed by atoms with Crippen molar-refractivity contribution in [3.63, 3.8) is 0 Å². The Balaban J connectivity index is 2.21. The summed E-state index contributed by atoms with van der Waals surface area (Å²) >= 11 is 6.96. The maximum atomic E-state index is 6.10. The van der Waals surface area contributed by atoms with Gasteiger partial charge in [0.1, 0.15) is 11.9 Å². The van der Waals surface area contributed by atoms with E-state index in [0.29, 0.717) is 0 Å². The van der Waals surface area contributed by atoms with Gasteiger partial charge in [0.2, 0.25) is 0 Å². The van der Waals surface area contributed by atoms with Crippen LogP contribution in [-0.4, -0.2) is 13.6 Å². The zero-order valence-corrected chi connectivity index (χ0v) is 13.7. The fraction of sp³-hybridized carbons (Fsp3) is 0.200. The molecule has 2 aromatic rings. The minimum Gasteiger partial charge on any atom is -0.483 e. The van der Waals surface area contributed by atoms with Crippen LogP contribution >= 0.6 is 31.9 Å². The molecule has 4 heteroatoms. The van der Waals surface area contributed by atoms with E-state index in [2.05, 4.69) is 49.3 Å². The van der Waals surface area contributed by atoms with Crippen molar-refractivity contribution in [3.8, 4) is 5.75 Å². The molecule has 0 saturated carbocycles. The normalized spacial score (nSPS) is 12.2. The maximum absolute atomic E-state index is 6.10. The molecule has 0 saturated heterocycles.